The van der Waals surface area contributed by atoms with Crippen LogP contribution in [0.3, 0.4) is 0 Å². The number of hydrogen-bond donors (Lipinski definition) is 1. The highest BCUT2D eigenvalue weighted by molar-refractivity contribution is 6.07. The lowest BCUT2D eigenvalue weighted by Crippen LogP contribution is -2.44. The smallest absolute Gasteiger partial charge is 0.256 e. The Hall–Kier alpha value is -2.86. The lowest BCUT2D eigenvalue weighted by molar-refractivity contribution is -0.113. The Balaban J connectivity index is 1.41. The number of rotatable bonds is 3. The molecule has 2 aliphatic rings. The van der Waals surface area contributed by atoms with Crippen molar-refractivity contribution in [3.8, 4) is 5.75 Å². The zero-order chi connectivity index (χ0) is 17.9. The third-order valence-corrected chi connectivity index (χ3v) is 4.78. The minimum absolute atomic E-state index is 0.181. The molecule has 6 nitrogen and oxygen atoms in total. The van der Waals surface area contributed by atoms with Gasteiger partial charge in [0.05, 0.1) is 17.5 Å². The fourth-order valence-corrected chi connectivity index (χ4v) is 3.16. The number of anilines is 2. The first-order valence-electron chi connectivity index (χ1n) is 8.82. The number of ether oxygens (including phenoxy) is 1. The molecule has 2 aliphatic heterocycles. The average Bonchev–Trinajstić information content (AvgIpc) is 2.69. The fourth-order valence-electron chi connectivity index (χ4n) is 3.16. The van der Waals surface area contributed by atoms with E-state index in [9.17, 15) is 4.79 Å². The van der Waals surface area contributed by atoms with E-state index in [1.807, 2.05) is 48.7 Å². The van der Waals surface area contributed by atoms with E-state index in [-0.39, 0.29) is 12.5 Å². The van der Waals surface area contributed by atoms with Gasteiger partial charge in [0, 0.05) is 31.7 Å². The highest BCUT2D eigenvalue weighted by Gasteiger charge is 2.18. The Morgan fingerprint density at radius 2 is 1.92 bits per heavy atom. The Labute approximate surface area is 153 Å². The molecular weight excluding hydrogens is 328 g/mol. The SMILES string of the molecule is CN1CCN(c2ccc(NC(=O)C3=Cc4ccccc4OC3)nc2)CC1. The predicted octanol–water partition coefficient (Wildman–Crippen LogP) is 2.25. The molecule has 0 saturated carbocycles. The van der Waals surface area contributed by atoms with Gasteiger partial charge in [0.15, 0.2) is 0 Å². The van der Waals surface area contributed by atoms with Crippen molar-refractivity contribution < 1.29 is 9.53 Å². The van der Waals surface area contributed by atoms with Gasteiger partial charge in [-0.15, -0.1) is 0 Å². The summed E-state index contributed by atoms with van der Waals surface area (Å²) in [5, 5.41) is 2.85. The molecular formula is C20H22N4O2. The van der Waals surface area contributed by atoms with E-state index < -0.39 is 0 Å². The summed E-state index contributed by atoms with van der Waals surface area (Å²) >= 11 is 0. The van der Waals surface area contributed by atoms with Crippen LogP contribution in [0.1, 0.15) is 5.56 Å². The zero-order valence-corrected chi connectivity index (χ0v) is 14.8. The summed E-state index contributed by atoms with van der Waals surface area (Å²) in [5.41, 5.74) is 2.60. The van der Waals surface area contributed by atoms with Gasteiger partial charge in [-0.05, 0) is 31.3 Å². The van der Waals surface area contributed by atoms with E-state index in [1.165, 1.54) is 0 Å². The zero-order valence-electron chi connectivity index (χ0n) is 14.8. The number of likely N-dealkylation sites (N-methyl/N-ethyl adjacent to an activating group) is 1. The quantitative estimate of drug-likeness (QED) is 0.920. The van der Waals surface area contributed by atoms with Gasteiger partial charge in [0.1, 0.15) is 18.2 Å². The summed E-state index contributed by atoms with van der Waals surface area (Å²) in [5.74, 6) is 1.17. The number of benzene rings is 1. The highest BCUT2D eigenvalue weighted by atomic mass is 16.5. The number of pyridine rings is 1. The molecule has 1 fully saturated rings. The van der Waals surface area contributed by atoms with Crippen LogP contribution in [-0.4, -0.2) is 55.6 Å². The molecule has 0 unspecified atom stereocenters. The molecule has 1 aromatic heterocycles. The third kappa shape index (κ3) is 3.55. The number of nitrogens with zero attached hydrogens (tertiary/aromatic N) is 3. The summed E-state index contributed by atoms with van der Waals surface area (Å²) < 4.78 is 5.64. The van der Waals surface area contributed by atoms with E-state index >= 15 is 0 Å². The molecule has 0 bridgehead atoms. The van der Waals surface area contributed by atoms with E-state index in [0.717, 1.165) is 43.2 Å². The van der Waals surface area contributed by atoms with Crippen molar-refractivity contribution in [3.05, 3.63) is 53.7 Å². The molecule has 1 amide bonds. The van der Waals surface area contributed by atoms with Crippen molar-refractivity contribution in [1.82, 2.24) is 9.88 Å². The van der Waals surface area contributed by atoms with Crippen molar-refractivity contribution in [3.63, 3.8) is 0 Å². The number of nitrogens with one attached hydrogen (secondary N) is 1. The van der Waals surface area contributed by atoms with Crippen LogP contribution in [0.4, 0.5) is 11.5 Å². The summed E-state index contributed by atoms with van der Waals surface area (Å²) in [6, 6.07) is 11.5. The van der Waals surface area contributed by atoms with E-state index in [4.69, 9.17) is 4.74 Å². The number of hydrogen-bond acceptors (Lipinski definition) is 5. The number of fused-ring (bicyclic) bond motifs is 1. The molecule has 2 aromatic rings. The van der Waals surface area contributed by atoms with Crippen molar-refractivity contribution >= 4 is 23.5 Å². The minimum atomic E-state index is -0.181. The number of piperazine rings is 1. The fraction of sp³-hybridized carbons (Fsp3) is 0.300. The molecule has 4 rings (SSSR count). The van der Waals surface area contributed by atoms with Gasteiger partial charge in [-0.3, -0.25) is 4.79 Å². The Morgan fingerprint density at radius 1 is 1.12 bits per heavy atom. The van der Waals surface area contributed by atoms with Crippen LogP contribution in [0.5, 0.6) is 5.75 Å². The van der Waals surface area contributed by atoms with Gasteiger partial charge in [-0.1, -0.05) is 18.2 Å². The second kappa shape index (κ2) is 7.17. The average molecular weight is 350 g/mol. The van der Waals surface area contributed by atoms with E-state index in [0.29, 0.717) is 11.4 Å². The minimum Gasteiger partial charge on any atom is -0.488 e. The summed E-state index contributed by atoms with van der Waals surface area (Å²) in [6.07, 6.45) is 3.69. The van der Waals surface area contributed by atoms with Gasteiger partial charge in [0.25, 0.3) is 5.91 Å². The first-order chi connectivity index (χ1) is 12.7. The normalized spacial score (nSPS) is 17.1. The second-order valence-corrected chi connectivity index (χ2v) is 6.64. The van der Waals surface area contributed by atoms with Crippen LogP contribution in [-0.2, 0) is 4.79 Å². The largest absolute Gasteiger partial charge is 0.488 e. The highest BCUT2D eigenvalue weighted by Crippen LogP contribution is 2.26. The van der Waals surface area contributed by atoms with Crippen molar-refractivity contribution in [1.29, 1.82) is 0 Å². The molecule has 0 radical (unpaired) electrons. The van der Waals surface area contributed by atoms with Crippen LogP contribution in [0.2, 0.25) is 0 Å². The van der Waals surface area contributed by atoms with Gasteiger partial charge in [-0.2, -0.15) is 0 Å². The number of para-hydroxylation sites is 1. The maximum atomic E-state index is 12.5. The molecule has 0 atom stereocenters. The molecule has 0 spiro atoms. The van der Waals surface area contributed by atoms with Gasteiger partial charge < -0.3 is 19.9 Å². The molecule has 26 heavy (non-hydrogen) atoms. The third-order valence-electron chi connectivity index (χ3n) is 4.78. The van der Waals surface area contributed by atoms with Gasteiger partial charge in [0.2, 0.25) is 0 Å². The Morgan fingerprint density at radius 3 is 2.69 bits per heavy atom. The molecule has 1 saturated heterocycles. The molecule has 3 heterocycles. The summed E-state index contributed by atoms with van der Waals surface area (Å²) in [6.45, 7) is 4.35. The molecule has 1 aromatic carbocycles. The van der Waals surface area contributed by atoms with Crippen LogP contribution in [0.15, 0.2) is 48.2 Å². The maximum Gasteiger partial charge on any atom is 0.256 e. The van der Waals surface area contributed by atoms with Crippen molar-refractivity contribution in [2.75, 3.05) is 50.1 Å². The Kier molecular flexibility index (Phi) is 4.58. The lowest BCUT2D eigenvalue weighted by Gasteiger charge is -2.33. The van der Waals surface area contributed by atoms with Crippen molar-refractivity contribution in [2.24, 2.45) is 0 Å². The monoisotopic (exact) mass is 350 g/mol. The topological polar surface area (TPSA) is 57.7 Å². The maximum absolute atomic E-state index is 12.5. The molecule has 1 N–H and O–H groups in total. The van der Waals surface area contributed by atoms with E-state index in [1.54, 1.807) is 0 Å². The molecule has 6 heteroatoms. The number of carbonyl (C=O) groups is 1. The number of carbonyl (C=O) groups excluding carboxylic acids is 1. The summed E-state index contributed by atoms with van der Waals surface area (Å²) in [7, 11) is 2.14. The Bertz CT molecular complexity index is 824. The number of aromatic nitrogens is 1. The van der Waals surface area contributed by atoms with Crippen LogP contribution in [0, 0.1) is 0 Å². The predicted molar refractivity (Wildman–Crippen MR) is 102 cm³/mol. The van der Waals surface area contributed by atoms with Crippen molar-refractivity contribution in [2.45, 2.75) is 0 Å². The van der Waals surface area contributed by atoms with Crippen LogP contribution >= 0.6 is 0 Å². The standard InChI is InChI=1S/C20H22N4O2/c1-23-8-10-24(11-9-23)17-6-7-19(21-13-17)22-20(25)16-12-15-4-2-3-5-18(15)26-14-16/h2-7,12-13H,8-11,14H2,1H3,(H,21,22,25). The first-order valence-corrected chi connectivity index (χ1v) is 8.82. The summed E-state index contributed by atoms with van der Waals surface area (Å²) in [4.78, 5) is 21.5. The van der Waals surface area contributed by atoms with Gasteiger partial charge in [-0.25, -0.2) is 4.98 Å². The molecule has 0 aliphatic carbocycles. The number of amides is 1. The van der Waals surface area contributed by atoms with E-state index in [2.05, 4.69) is 27.1 Å². The second-order valence-electron chi connectivity index (χ2n) is 6.64. The van der Waals surface area contributed by atoms with Gasteiger partial charge >= 0.3 is 0 Å². The first kappa shape index (κ1) is 16.6. The van der Waals surface area contributed by atoms with Crippen LogP contribution in [0.25, 0.3) is 6.08 Å². The lowest BCUT2D eigenvalue weighted by atomic mass is 10.1. The molecule has 134 valence electrons. The van der Waals surface area contributed by atoms with Crippen LogP contribution < -0.4 is 15.0 Å².